The van der Waals surface area contributed by atoms with Crippen LogP contribution in [0, 0.1) is 12.1 Å². The van der Waals surface area contributed by atoms with Crippen molar-refractivity contribution in [1.82, 2.24) is 0 Å². The highest BCUT2D eigenvalue weighted by Crippen LogP contribution is 2.04. The quantitative estimate of drug-likeness (QED) is 0.585. The van der Waals surface area contributed by atoms with Crippen molar-refractivity contribution in [1.29, 1.82) is 0 Å². The van der Waals surface area contributed by atoms with Crippen LogP contribution in [0.3, 0.4) is 0 Å². The van der Waals surface area contributed by atoms with E-state index in [1.165, 1.54) is 0 Å². The average Bonchev–Trinajstić information content (AvgIpc) is 2.37. The second kappa shape index (κ2) is 5.47. The van der Waals surface area contributed by atoms with Gasteiger partial charge in [0.05, 0.1) is 0 Å². The van der Waals surface area contributed by atoms with Gasteiger partial charge in [0.25, 0.3) is 0 Å². The van der Waals surface area contributed by atoms with Gasteiger partial charge in [-0.3, -0.25) is 0 Å². The first-order valence-corrected chi connectivity index (χ1v) is 5.07. The zero-order chi connectivity index (χ0) is 11.1. The molecule has 2 heteroatoms. The van der Waals surface area contributed by atoms with Crippen LogP contribution in [-0.2, 0) is 0 Å². The Labute approximate surface area is 95.3 Å². The number of nitrogens with one attached hydrogen (secondary N) is 2. The molecule has 0 amide bonds. The molecule has 0 fully saturated rings. The Morgan fingerprint density at radius 3 is 1.31 bits per heavy atom. The highest BCUT2D eigenvalue weighted by atomic mass is 14.9. The van der Waals surface area contributed by atoms with E-state index < -0.39 is 0 Å². The molecule has 0 atom stereocenters. The minimum absolute atomic E-state index is 0.991. The van der Waals surface area contributed by atoms with Crippen LogP contribution in [0.15, 0.2) is 60.7 Å². The highest BCUT2D eigenvalue weighted by molar-refractivity contribution is 5.51. The fourth-order valence-electron chi connectivity index (χ4n) is 1.25. The van der Waals surface area contributed by atoms with Crippen LogP contribution < -0.4 is 10.6 Å². The van der Waals surface area contributed by atoms with Crippen LogP contribution >= 0.6 is 0 Å². The van der Waals surface area contributed by atoms with E-state index in [9.17, 15) is 0 Å². The number of hydrogen-bond acceptors (Lipinski definition) is 2. The molecule has 78 valence electrons. The zero-order valence-corrected chi connectivity index (χ0v) is 8.77. The lowest BCUT2D eigenvalue weighted by molar-refractivity contribution is 1.60. The molecule has 2 N–H and O–H groups in total. The van der Waals surface area contributed by atoms with E-state index in [1.54, 1.807) is 0 Å². The lowest BCUT2D eigenvalue weighted by Gasteiger charge is -1.97. The highest BCUT2D eigenvalue weighted by Gasteiger charge is 1.84. The molecule has 0 heterocycles. The van der Waals surface area contributed by atoms with Crippen LogP contribution in [0.1, 0.15) is 0 Å². The first-order valence-electron chi connectivity index (χ1n) is 5.07. The van der Waals surface area contributed by atoms with Crippen molar-refractivity contribution in [3.8, 4) is 12.1 Å². The number of benzene rings is 2. The Morgan fingerprint density at radius 2 is 0.938 bits per heavy atom. The maximum atomic E-state index is 2.99. The third-order valence-electron chi connectivity index (χ3n) is 2.02. The minimum atomic E-state index is 0.991. The Bertz CT molecular complexity index is 435. The zero-order valence-electron chi connectivity index (χ0n) is 8.77. The monoisotopic (exact) mass is 208 g/mol. The van der Waals surface area contributed by atoms with E-state index in [4.69, 9.17) is 0 Å². The summed E-state index contributed by atoms with van der Waals surface area (Å²) in [6, 6.07) is 25.4. The van der Waals surface area contributed by atoms with E-state index in [2.05, 4.69) is 22.7 Å². The maximum Gasteiger partial charge on any atom is 0.0459 e. The van der Waals surface area contributed by atoms with Crippen molar-refractivity contribution in [3.63, 3.8) is 0 Å². The summed E-state index contributed by atoms with van der Waals surface area (Å²) >= 11 is 0. The van der Waals surface area contributed by atoms with E-state index in [-0.39, 0.29) is 0 Å². The van der Waals surface area contributed by atoms with Gasteiger partial charge in [0.1, 0.15) is 0 Å². The van der Waals surface area contributed by atoms with Gasteiger partial charge in [-0.25, -0.2) is 0 Å². The minimum Gasteiger partial charge on any atom is -0.313 e. The summed E-state index contributed by atoms with van der Waals surface area (Å²) in [6.07, 6.45) is 0. The van der Waals surface area contributed by atoms with Gasteiger partial charge in [-0.05, 0) is 24.3 Å². The molecule has 2 aromatic rings. The van der Waals surface area contributed by atoms with Crippen LogP contribution in [-0.4, -0.2) is 0 Å². The largest absolute Gasteiger partial charge is 0.313 e. The second-order valence-corrected chi connectivity index (χ2v) is 3.23. The van der Waals surface area contributed by atoms with Gasteiger partial charge in [0.2, 0.25) is 0 Å². The summed E-state index contributed by atoms with van der Waals surface area (Å²) in [5.41, 5.74) is 1.98. The van der Waals surface area contributed by atoms with Crippen molar-refractivity contribution in [3.05, 3.63) is 60.7 Å². The Kier molecular flexibility index (Phi) is 3.47. The predicted octanol–water partition coefficient (Wildman–Crippen LogP) is 3.13. The lowest BCUT2D eigenvalue weighted by Crippen LogP contribution is -1.91. The molecular weight excluding hydrogens is 196 g/mol. The normalized spacial score (nSPS) is 8.75. The summed E-state index contributed by atoms with van der Waals surface area (Å²) in [5.74, 6) is 0. The van der Waals surface area contributed by atoms with Crippen LogP contribution in [0.25, 0.3) is 0 Å². The van der Waals surface area contributed by atoms with Crippen molar-refractivity contribution >= 4 is 11.4 Å². The van der Waals surface area contributed by atoms with Crippen molar-refractivity contribution < 1.29 is 0 Å². The lowest BCUT2D eigenvalue weighted by atomic mass is 10.3. The molecule has 0 aliphatic carbocycles. The molecule has 0 saturated carbocycles. The Balaban J connectivity index is 1.88. The van der Waals surface area contributed by atoms with Gasteiger partial charge < -0.3 is 10.6 Å². The van der Waals surface area contributed by atoms with Gasteiger partial charge in [-0.1, -0.05) is 36.4 Å². The molecule has 16 heavy (non-hydrogen) atoms. The van der Waals surface area contributed by atoms with Crippen molar-refractivity contribution in [2.45, 2.75) is 0 Å². The molecular formula is C14H12N2. The van der Waals surface area contributed by atoms with Gasteiger partial charge in [0.15, 0.2) is 0 Å². The van der Waals surface area contributed by atoms with E-state index >= 15 is 0 Å². The summed E-state index contributed by atoms with van der Waals surface area (Å²) < 4.78 is 0. The number of hydrogen-bond donors (Lipinski definition) is 2. The van der Waals surface area contributed by atoms with Gasteiger partial charge in [0, 0.05) is 23.5 Å². The molecule has 0 bridgehead atoms. The molecule has 0 unspecified atom stereocenters. The molecule has 0 aliphatic rings. The fourth-order valence-corrected chi connectivity index (χ4v) is 1.25. The third-order valence-corrected chi connectivity index (χ3v) is 2.02. The standard InChI is InChI=1S/C14H12N2/c1-3-7-13(8-4-1)15-11-12-16-14-9-5-2-6-10-14/h1-10,15-16H. The van der Waals surface area contributed by atoms with Gasteiger partial charge >= 0.3 is 0 Å². The number of para-hydroxylation sites is 2. The van der Waals surface area contributed by atoms with Gasteiger partial charge in [-0.2, -0.15) is 0 Å². The number of rotatable bonds is 2. The summed E-state index contributed by atoms with van der Waals surface area (Å²) in [5, 5.41) is 5.98. The molecule has 2 aromatic carbocycles. The van der Waals surface area contributed by atoms with Gasteiger partial charge in [-0.15, -0.1) is 0 Å². The topological polar surface area (TPSA) is 24.1 Å². The van der Waals surface area contributed by atoms with E-state index in [0.717, 1.165) is 11.4 Å². The molecule has 0 aromatic heterocycles. The predicted molar refractivity (Wildman–Crippen MR) is 67.9 cm³/mol. The molecule has 0 aliphatic heterocycles. The Morgan fingerprint density at radius 1 is 0.562 bits per heavy atom. The van der Waals surface area contributed by atoms with Crippen LogP contribution in [0.4, 0.5) is 11.4 Å². The average molecular weight is 208 g/mol. The molecule has 0 spiro atoms. The van der Waals surface area contributed by atoms with Crippen LogP contribution in [0.2, 0.25) is 0 Å². The van der Waals surface area contributed by atoms with E-state index in [1.807, 2.05) is 60.7 Å². The fraction of sp³-hybridized carbons (Fsp3) is 0. The Hall–Kier alpha value is -2.40. The SMILES string of the molecule is C(#CNc1ccccc1)Nc1ccccc1. The third kappa shape index (κ3) is 3.07. The molecule has 0 radical (unpaired) electrons. The summed E-state index contributed by atoms with van der Waals surface area (Å²) in [4.78, 5) is 0. The van der Waals surface area contributed by atoms with Crippen molar-refractivity contribution in [2.24, 2.45) is 0 Å². The molecule has 0 saturated heterocycles. The second-order valence-electron chi connectivity index (χ2n) is 3.23. The molecule has 2 rings (SSSR count). The summed E-state index contributed by atoms with van der Waals surface area (Å²) in [7, 11) is 0. The van der Waals surface area contributed by atoms with E-state index in [0.29, 0.717) is 0 Å². The van der Waals surface area contributed by atoms with Crippen molar-refractivity contribution in [2.75, 3.05) is 10.6 Å². The maximum absolute atomic E-state index is 2.99. The van der Waals surface area contributed by atoms with Crippen LogP contribution in [0.5, 0.6) is 0 Å². The smallest absolute Gasteiger partial charge is 0.0459 e. The first-order chi connectivity index (χ1) is 7.95. The molecule has 2 nitrogen and oxygen atoms in total. The first kappa shape index (κ1) is 10.1. The number of anilines is 2. The summed E-state index contributed by atoms with van der Waals surface area (Å²) in [6.45, 7) is 0.